The quantitative estimate of drug-likeness (QED) is 0.705. The van der Waals surface area contributed by atoms with Gasteiger partial charge in [0.15, 0.2) is 0 Å². The van der Waals surface area contributed by atoms with Crippen molar-refractivity contribution in [3.8, 4) is 0 Å². The van der Waals surface area contributed by atoms with E-state index in [1.807, 2.05) is 18.7 Å². The molecule has 1 atom stereocenters. The summed E-state index contributed by atoms with van der Waals surface area (Å²) in [6.45, 7) is 6.11. The molecule has 1 aliphatic heterocycles. The lowest BCUT2D eigenvalue weighted by Crippen LogP contribution is -2.40. The Labute approximate surface area is 132 Å². The second kappa shape index (κ2) is 9.43. The van der Waals surface area contributed by atoms with Gasteiger partial charge in [-0.25, -0.2) is 4.79 Å². The van der Waals surface area contributed by atoms with Crippen molar-refractivity contribution >= 4 is 17.8 Å². The molecule has 1 N–H and O–H groups in total. The third-order valence-electron chi connectivity index (χ3n) is 3.98. The molecule has 1 fully saturated rings. The van der Waals surface area contributed by atoms with E-state index in [1.54, 1.807) is 0 Å². The molecule has 22 heavy (non-hydrogen) atoms. The molecule has 0 aromatic heterocycles. The van der Waals surface area contributed by atoms with Crippen molar-refractivity contribution in [3.05, 3.63) is 0 Å². The number of likely N-dealkylation sites (tertiary alicyclic amines) is 1. The van der Waals surface area contributed by atoms with Gasteiger partial charge in [0, 0.05) is 32.5 Å². The fraction of sp³-hybridized carbons (Fsp3) is 0.812. The van der Waals surface area contributed by atoms with Crippen molar-refractivity contribution in [3.63, 3.8) is 0 Å². The van der Waals surface area contributed by atoms with Crippen LogP contribution in [0.3, 0.4) is 0 Å². The highest BCUT2D eigenvalue weighted by Gasteiger charge is 2.33. The molecule has 1 saturated heterocycles. The first-order chi connectivity index (χ1) is 10.5. The number of nitrogens with zero attached hydrogens (tertiary/aromatic N) is 2. The molecule has 0 spiro atoms. The highest BCUT2D eigenvalue weighted by Crippen LogP contribution is 2.19. The maximum atomic E-state index is 12.1. The monoisotopic (exact) mass is 312 g/mol. The maximum absolute atomic E-state index is 12.1. The van der Waals surface area contributed by atoms with Crippen molar-refractivity contribution < 1.29 is 19.5 Å². The van der Waals surface area contributed by atoms with Gasteiger partial charge in [0.2, 0.25) is 11.8 Å². The predicted molar refractivity (Wildman–Crippen MR) is 83.4 cm³/mol. The van der Waals surface area contributed by atoms with Crippen LogP contribution in [0.2, 0.25) is 0 Å². The smallest absolute Gasteiger partial charge is 0.326 e. The van der Waals surface area contributed by atoms with Crippen LogP contribution >= 0.6 is 0 Å². The zero-order valence-electron chi connectivity index (χ0n) is 13.7. The Morgan fingerprint density at radius 3 is 2.32 bits per heavy atom. The molecule has 0 aromatic carbocycles. The number of carbonyl (C=O) groups excluding carboxylic acids is 2. The number of hydrogen-bond donors (Lipinski definition) is 1. The third-order valence-corrected chi connectivity index (χ3v) is 3.98. The number of carboxylic acids is 1. The summed E-state index contributed by atoms with van der Waals surface area (Å²) >= 11 is 0. The van der Waals surface area contributed by atoms with Gasteiger partial charge in [0.25, 0.3) is 0 Å². The lowest BCUT2D eigenvalue weighted by molar-refractivity contribution is -0.148. The molecule has 0 bridgehead atoms. The molecule has 1 heterocycles. The topological polar surface area (TPSA) is 77.9 Å². The van der Waals surface area contributed by atoms with Crippen LogP contribution in [0, 0.1) is 0 Å². The largest absolute Gasteiger partial charge is 0.480 e. The number of hydrogen-bond acceptors (Lipinski definition) is 3. The summed E-state index contributed by atoms with van der Waals surface area (Å²) in [5.74, 6) is -0.984. The number of amides is 2. The van der Waals surface area contributed by atoms with E-state index in [-0.39, 0.29) is 18.2 Å². The van der Waals surface area contributed by atoms with E-state index >= 15 is 0 Å². The first-order valence-electron chi connectivity index (χ1n) is 8.31. The molecule has 0 aliphatic carbocycles. The highest BCUT2D eigenvalue weighted by molar-refractivity contribution is 5.84. The molecule has 6 heteroatoms. The predicted octanol–water partition coefficient (Wildman–Crippen LogP) is 1.88. The SMILES string of the molecule is CCCN(CCC)C(=O)CCCC(=O)N1CCC[C@H]1C(=O)O. The van der Waals surface area contributed by atoms with Crippen molar-refractivity contribution in [1.82, 2.24) is 9.80 Å². The fourth-order valence-electron chi connectivity index (χ4n) is 2.92. The molecular weight excluding hydrogens is 284 g/mol. The average Bonchev–Trinajstić information content (AvgIpc) is 2.96. The lowest BCUT2D eigenvalue weighted by atomic mass is 10.1. The Kier molecular flexibility index (Phi) is 7.91. The summed E-state index contributed by atoms with van der Waals surface area (Å²) in [6, 6.07) is -0.681. The number of aliphatic carboxylic acids is 1. The van der Waals surface area contributed by atoms with Gasteiger partial charge in [0.1, 0.15) is 6.04 Å². The van der Waals surface area contributed by atoms with Gasteiger partial charge in [-0.3, -0.25) is 9.59 Å². The zero-order chi connectivity index (χ0) is 16.5. The second-order valence-electron chi connectivity index (χ2n) is 5.82. The van der Waals surface area contributed by atoms with Gasteiger partial charge in [-0.15, -0.1) is 0 Å². The molecule has 0 radical (unpaired) electrons. The van der Waals surface area contributed by atoms with E-state index in [4.69, 9.17) is 5.11 Å². The first-order valence-corrected chi connectivity index (χ1v) is 8.31. The number of carbonyl (C=O) groups is 3. The lowest BCUT2D eigenvalue weighted by Gasteiger charge is -2.23. The highest BCUT2D eigenvalue weighted by atomic mass is 16.4. The molecule has 0 saturated carbocycles. The van der Waals surface area contributed by atoms with Crippen LogP contribution in [0.4, 0.5) is 0 Å². The zero-order valence-corrected chi connectivity index (χ0v) is 13.7. The van der Waals surface area contributed by atoms with Crippen molar-refractivity contribution in [2.75, 3.05) is 19.6 Å². The minimum Gasteiger partial charge on any atom is -0.480 e. The third kappa shape index (κ3) is 5.31. The summed E-state index contributed by atoms with van der Waals surface area (Å²) in [5.41, 5.74) is 0. The van der Waals surface area contributed by atoms with Gasteiger partial charge in [-0.2, -0.15) is 0 Å². The van der Waals surface area contributed by atoms with Crippen LogP contribution in [0.5, 0.6) is 0 Å². The van der Waals surface area contributed by atoms with Crippen LogP contribution in [0.1, 0.15) is 58.8 Å². The number of carboxylic acid groups (broad SMARTS) is 1. The molecular formula is C16H28N2O4. The molecule has 6 nitrogen and oxygen atoms in total. The molecule has 2 amide bonds. The van der Waals surface area contributed by atoms with E-state index in [0.717, 1.165) is 32.4 Å². The van der Waals surface area contributed by atoms with Crippen LogP contribution in [-0.2, 0) is 14.4 Å². The molecule has 0 aromatic rings. The summed E-state index contributed by atoms with van der Waals surface area (Å²) in [5, 5.41) is 9.08. The Balaban J connectivity index is 2.37. The van der Waals surface area contributed by atoms with Gasteiger partial charge < -0.3 is 14.9 Å². The molecule has 1 rings (SSSR count). The van der Waals surface area contributed by atoms with E-state index < -0.39 is 12.0 Å². The van der Waals surface area contributed by atoms with Crippen LogP contribution in [-0.4, -0.2) is 58.4 Å². The summed E-state index contributed by atoms with van der Waals surface area (Å²) in [6.07, 6.45) is 4.23. The average molecular weight is 312 g/mol. The number of rotatable bonds is 9. The molecule has 126 valence electrons. The Morgan fingerprint density at radius 2 is 1.77 bits per heavy atom. The van der Waals surface area contributed by atoms with Gasteiger partial charge in [0.05, 0.1) is 0 Å². The van der Waals surface area contributed by atoms with E-state index in [2.05, 4.69) is 0 Å². The Hall–Kier alpha value is -1.59. The van der Waals surface area contributed by atoms with Crippen LogP contribution in [0.15, 0.2) is 0 Å². The van der Waals surface area contributed by atoms with E-state index in [9.17, 15) is 14.4 Å². The van der Waals surface area contributed by atoms with Crippen molar-refractivity contribution in [1.29, 1.82) is 0 Å². The fourth-order valence-corrected chi connectivity index (χ4v) is 2.92. The summed E-state index contributed by atoms with van der Waals surface area (Å²) < 4.78 is 0. The molecule has 0 unspecified atom stereocenters. The first kappa shape index (κ1) is 18.5. The minimum absolute atomic E-state index is 0.0905. The Bertz CT molecular complexity index is 392. The van der Waals surface area contributed by atoms with Crippen molar-refractivity contribution in [2.45, 2.75) is 64.8 Å². The summed E-state index contributed by atoms with van der Waals surface area (Å²) in [4.78, 5) is 38.6. The summed E-state index contributed by atoms with van der Waals surface area (Å²) in [7, 11) is 0. The van der Waals surface area contributed by atoms with Gasteiger partial charge >= 0.3 is 5.97 Å². The normalized spacial score (nSPS) is 17.5. The molecule has 1 aliphatic rings. The minimum atomic E-state index is -0.931. The standard InChI is InChI=1S/C16H28N2O4/c1-3-10-17(11-4-2)14(19)8-5-9-15(20)18-12-6-7-13(18)16(21)22/h13H,3-12H2,1-2H3,(H,21,22)/t13-/m0/s1. The van der Waals surface area contributed by atoms with Crippen LogP contribution in [0.25, 0.3) is 0 Å². The van der Waals surface area contributed by atoms with Crippen LogP contribution < -0.4 is 0 Å². The van der Waals surface area contributed by atoms with Crippen molar-refractivity contribution in [2.24, 2.45) is 0 Å². The van der Waals surface area contributed by atoms with E-state index in [1.165, 1.54) is 4.90 Å². The maximum Gasteiger partial charge on any atom is 0.326 e. The van der Waals surface area contributed by atoms with Gasteiger partial charge in [-0.1, -0.05) is 13.8 Å². The van der Waals surface area contributed by atoms with E-state index in [0.29, 0.717) is 25.8 Å². The second-order valence-corrected chi connectivity index (χ2v) is 5.82. The van der Waals surface area contributed by atoms with Gasteiger partial charge in [-0.05, 0) is 32.1 Å². The Morgan fingerprint density at radius 1 is 1.14 bits per heavy atom.